The monoisotopic (exact) mass is 232 g/mol. The predicted octanol–water partition coefficient (Wildman–Crippen LogP) is 2.55. The number of pyridine rings is 1. The van der Waals surface area contributed by atoms with E-state index in [-0.39, 0.29) is 5.78 Å². The van der Waals surface area contributed by atoms with Gasteiger partial charge in [-0.2, -0.15) is 0 Å². The van der Waals surface area contributed by atoms with Gasteiger partial charge in [-0.25, -0.2) is 0 Å². The number of nitrogens with two attached hydrogens (primary N) is 1. The maximum Gasteiger partial charge on any atom is 0.198 e. The van der Waals surface area contributed by atoms with Crippen molar-refractivity contribution < 1.29 is 4.79 Å². The molecule has 4 heteroatoms. The number of benzene rings is 1. The third kappa shape index (κ3) is 1.90. The van der Waals surface area contributed by atoms with Crippen LogP contribution in [0, 0.1) is 0 Å². The SMILES string of the molecule is Nc1ccncc1C(=O)c1ccccc1Cl. The van der Waals surface area contributed by atoms with Crippen LogP contribution in [-0.4, -0.2) is 10.8 Å². The molecule has 0 saturated carbocycles. The van der Waals surface area contributed by atoms with Crippen molar-refractivity contribution in [3.63, 3.8) is 0 Å². The molecule has 2 rings (SSSR count). The Balaban J connectivity index is 2.48. The number of halogens is 1. The fourth-order valence-electron chi connectivity index (χ4n) is 1.39. The summed E-state index contributed by atoms with van der Waals surface area (Å²) in [6.45, 7) is 0. The van der Waals surface area contributed by atoms with E-state index in [1.54, 1.807) is 36.5 Å². The summed E-state index contributed by atoms with van der Waals surface area (Å²) in [5, 5.41) is 0.413. The molecule has 0 atom stereocenters. The minimum atomic E-state index is -0.212. The van der Waals surface area contributed by atoms with Crippen molar-refractivity contribution in [3.8, 4) is 0 Å². The summed E-state index contributed by atoms with van der Waals surface area (Å²) in [5.41, 5.74) is 6.91. The molecule has 0 aliphatic heterocycles. The molecule has 16 heavy (non-hydrogen) atoms. The van der Waals surface area contributed by atoms with Crippen LogP contribution in [-0.2, 0) is 0 Å². The molecule has 0 bridgehead atoms. The van der Waals surface area contributed by atoms with Crippen LogP contribution in [0.5, 0.6) is 0 Å². The van der Waals surface area contributed by atoms with Crippen molar-refractivity contribution in [2.45, 2.75) is 0 Å². The van der Waals surface area contributed by atoms with Crippen molar-refractivity contribution in [1.29, 1.82) is 0 Å². The van der Waals surface area contributed by atoms with Gasteiger partial charge in [-0.1, -0.05) is 23.7 Å². The van der Waals surface area contributed by atoms with Gasteiger partial charge in [0.15, 0.2) is 5.78 Å². The number of nitrogens with zero attached hydrogens (tertiary/aromatic N) is 1. The standard InChI is InChI=1S/C12H9ClN2O/c13-10-4-2-1-3-8(10)12(16)9-7-15-6-5-11(9)14/h1-7H,(H2,14,15). The molecule has 0 spiro atoms. The van der Waals surface area contributed by atoms with E-state index in [1.807, 2.05) is 0 Å². The number of rotatable bonds is 2. The third-order valence-electron chi connectivity index (χ3n) is 2.22. The van der Waals surface area contributed by atoms with E-state index in [1.165, 1.54) is 6.20 Å². The van der Waals surface area contributed by atoms with Gasteiger partial charge >= 0.3 is 0 Å². The van der Waals surface area contributed by atoms with Crippen molar-refractivity contribution in [3.05, 3.63) is 58.9 Å². The molecule has 0 unspecified atom stereocenters. The van der Waals surface area contributed by atoms with Crippen LogP contribution in [0.15, 0.2) is 42.7 Å². The van der Waals surface area contributed by atoms with Gasteiger partial charge in [-0.05, 0) is 18.2 Å². The number of anilines is 1. The summed E-state index contributed by atoms with van der Waals surface area (Å²) < 4.78 is 0. The zero-order valence-corrected chi connectivity index (χ0v) is 9.11. The average Bonchev–Trinajstić information content (AvgIpc) is 2.29. The highest BCUT2D eigenvalue weighted by Crippen LogP contribution is 2.21. The van der Waals surface area contributed by atoms with Crippen molar-refractivity contribution in [2.75, 3.05) is 5.73 Å². The van der Waals surface area contributed by atoms with E-state index in [9.17, 15) is 4.79 Å². The molecule has 0 radical (unpaired) electrons. The second-order valence-corrected chi connectivity index (χ2v) is 3.68. The van der Waals surface area contributed by atoms with Gasteiger partial charge in [0.1, 0.15) is 0 Å². The molecule has 0 aliphatic rings. The topological polar surface area (TPSA) is 56.0 Å². The molecule has 3 nitrogen and oxygen atoms in total. The number of carbonyl (C=O) groups excluding carboxylic acids is 1. The van der Waals surface area contributed by atoms with Gasteiger partial charge in [-0.3, -0.25) is 9.78 Å². The van der Waals surface area contributed by atoms with Crippen LogP contribution in [0.3, 0.4) is 0 Å². The molecule has 0 amide bonds. The van der Waals surface area contributed by atoms with E-state index in [2.05, 4.69) is 4.98 Å². The molecule has 2 N–H and O–H groups in total. The second kappa shape index (κ2) is 4.33. The number of hydrogen-bond donors (Lipinski definition) is 1. The van der Waals surface area contributed by atoms with Crippen molar-refractivity contribution in [1.82, 2.24) is 4.98 Å². The first-order chi connectivity index (χ1) is 7.70. The summed E-state index contributed by atoms with van der Waals surface area (Å²) in [4.78, 5) is 16.0. The first-order valence-electron chi connectivity index (χ1n) is 4.69. The molecule has 2 aromatic rings. The molecule has 1 aromatic heterocycles. The minimum Gasteiger partial charge on any atom is -0.398 e. The van der Waals surface area contributed by atoms with E-state index >= 15 is 0 Å². The van der Waals surface area contributed by atoms with E-state index in [4.69, 9.17) is 17.3 Å². The summed E-state index contributed by atoms with van der Waals surface area (Å²) in [5.74, 6) is -0.212. The Morgan fingerprint density at radius 2 is 1.94 bits per heavy atom. The average molecular weight is 233 g/mol. The summed E-state index contributed by atoms with van der Waals surface area (Å²) in [6.07, 6.45) is 2.99. The number of carbonyl (C=O) groups is 1. The Morgan fingerprint density at radius 3 is 2.62 bits per heavy atom. The van der Waals surface area contributed by atoms with E-state index in [0.717, 1.165) is 0 Å². The lowest BCUT2D eigenvalue weighted by Crippen LogP contribution is -2.06. The van der Waals surface area contributed by atoms with Gasteiger partial charge in [0, 0.05) is 23.6 Å². The van der Waals surface area contributed by atoms with Gasteiger partial charge < -0.3 is 5.73 Å². The van der Waals surface area contributed by atoms with Crippen LogP contribution in [0.1, 0.15) is 15.9 Å². The molecular formula is C12H9ClN2O. The normalized spacial score (nSPS) is 10.1. The molecule has 0 saturated heterocycles. The third-order valence-corrected chi connectivity index (χ3v) is 2.55. The molecule has 80 valence electrons. The zero-order valence-electron chi connectivity index (χ0n) is 8.35. The zero-order chi connectivity index (χ0) is 11.5. The summed E-state index contributed by atoms with van der Waals surface area (Å²) >= 11 is 5.94. The van der Waals surface area contributed by atoms with Gasteiger partial charge in [-0.15, -0.1) is 0 Å². The van der Waals surface area contributed by atoms with Gasteiger partial charge in [0.2, 0.25) is 0 Å². The van der Waals surface area contributed by atoms with Crippen LogP contribution in [0.4, 0.5) is 5.69 Å². The Bertz CT molecular complexity index is 493. The largest absolute Gasteiger partial charge is 0.398 e. The number of nitrogen functional groups attached to an aromatic ring is 1. The fourth-order valence-corrected chi connectivity index (χ4v) is 1.61. The quantitative estimate of drug-likeness (QED) is 0.810. The Kier molecular flexibility index (Phi) is 2.88. The highest BCUT2D eigenvalue weighted by molar-refractivity contribution is 6.35. The van der Waals surface area contributed by atoms with E-state index < -0.39 is 0 Å². The number of ketones is 1. The lowest BCUT2D eigenvalue weighted by atomic mass is 10.0. The highest BCUT2D eigenvalue weighted by Gasteiger charge is 2.14. The number of hydrogen-bond acceptors (Lipinski definition) is 3. The first-order valence-corrected chi connectivity index (χ1v) is 5.06. The van der Waals surface area contributed by atoms with E-state index in [0.29, 0.717) is 21.8 Å². The molecule has 1 aromatic carbocycles. The van der Waals surface area contributed by atoms with Crippen LogP contribution < -0.4 is 5.73 Å². The summed E-state index contributed by atoms with van der Waals surface area (Å²) in [6, 6.07) is 8.44. The van der Waals surface area contributed by atoms with Crippen molar-refractivity contribution in [2.24, 2.45) is 0 Å². The minimum absolute atomic E-state index is 0.212. The first kappa shape index (κ1) is 10.6. The van der Waals surface area contributed by atoms with Crippen LogP contribution in [0.2, 0.25) is 5.02 Å². The molecular weight excluding hydrogens is 224 g/mol. The lowest BCUT2D eigenvalue weighted by molar-refractivity contribution is 0.103. The lowest BCUT2D eigenvalue weighted by Gasteiger charge is -2.05. The Labute approximate surface area is 97.9 Å². The fraction of sp³-hybridized carbons (Fsp3) is 0. The van der Waals surface area contributed by atoms with Gasteiger partial charge in [0.05, 0.1) is 10.6 Å². The second-order valence-electron chi connectivity index (χ2n) is 3.27. The smallest absolute Gasteiger partial charge is 0.198 e. The predicted molar refractivity (Wildman–Crippen MR) is 63.5 cm³/mol. The maximum atomic E-state index is 12.1. The molecule has 1 heterocycles. The van der Waals surface area contributed by atoms with Crippen LogP contribution >= 0.6 is 11.6 Å². The summed E-state index contributed by atoms with van der Waals surface area (Å²) in [7, 11) is 0. The van der Waals surface area contributed by atoms with Crippen molar-refractivity contribution >= 4 is 23.1 Å². The Morgan fingerprint density at radius 1 is 1.19 bits per heavy atom. The Hall–Kier alpha value is -1.87. The molecule has 0 aliphatic carbocycles. The maximum absolute atomic E-state index is 12.1. The van der Waals surface area contributed by atoms with Gasteiger partial charge in [0.25, 0.3) is 0 Å². The number of aromatic nitrogens is 1. The van der Waals surface area contributed by atoms with Crippen LogP contribution in [0.25, 0.3) is 0 Å². The molecule has 0 fully saturated rings. The highest BCUT2D eigenvalue weighted by atomic mass is 35.5.